The third-order valence-electron chi connectivity index (χ3n) is 15.6. The van der Waals surface area contributed by atoms with E-state index in [-0.39, 0.29) is 60.4 Å². The third-order valence-corrected chi connectivity index (χ3v) is 15.6. The monoisotopic (exact) mass is 900 g/mol. The van der Waals surface area contributed by atoms with Gasteiger partial charge in [-0.25, -0.2) is 0 Å². The SMILES string of the molecule is CCC(C)[C@H]1O[C@]2(C=C[C@@H]1C)C[C@@H]1C[C@@H](CC=C(C)[C@@H](O[C@H]3C[C@H](OC)[C@@H](O[C@H]4C[C@H](OC)[C@@](C)(NC)[C@H](C)O4)[C@H](C)O3)C(C)C=CC=C3CO[C@@H]4[C@H](O)C(C)=C[C@@H](C(=O)O1)[C@]34O)O2. The van der Waals surface area contributed by atoms with Crippen molar-refractivity contribution >= 4 is 5.97 Å². The van der Waals surface area contributed by atoms with Gasteiger partial charge >= 0.3 is 5.97 Å². The van der Waals surface area contributed by atoms with Crippen molar-refractivity contribution in [3.63, 3.8) is 0 Å². The Morgan fingerprint density at radius 3 is 2.41 bits per heavy atom. The molecule has 0 aromatic heterocycles. The Kier molecular flexibility index (Phi) is 15.6. The first-order valence-electron chi connectivity index (χ1n) is 23.8. The van der Waals surface area contributed by atoms with Gasteiger partial charge in [-0.15, -0.1) is 0 Å². The molecule has 6 aliphatic heterocycles. The molecule has 2 bridgehead atoms. The van der Waals surface area contributed by atoms with Crippen LogP contribution in [-0.2, 0) is 52.2 Å². The summed E-state index contributed by atoms with van der Waals surface area (Å²) in [6, 6.07) is 0. The molecule has 20 atom stereocenters. The molecule has 0 aromatic rings. The lowest BCUT2D eigenvalue weighted by molar-refractivity contribution is -0.317. The molecule has 7 rings (SSSR count). The molecule has 1 aliphatic carbocycles. The summed E-state index contributed by atoms with van der Waals surface area (Å²) in [5.74, 6) is -2.52. The number of hydrogen-bond donors (Lipinski definition) is 3. The fourth-order valence-electron chi connectivity index (χ4n) is 11.1. The molecule has 360 valence electrons. The standard InChI is InChI=1S/C50H77NO13/c1-13-27(2)44-30(5)19-20-49(64-44)25-36-22-35(63-49)18-17-29(4)43(28(3)15-14-16-34-26-57-46-42(52)31(6)21-37(47(53)60-36)50(34,46)54)61-40-23-38(55-11)45(32(7)58-40)62-41-24-39(56-12)48(9,51-10)33(8)59-41/h14-17,19-21,27-28,30,32-33,35-46,51-52,54H,13,18,22-26H2,1-12H3/t27?,28?,30-,32-,33-,35+,36-,37-,38-,39-,40-,41-,42+,43-,44+,45-,46+,48-,49+,50+/m0/s1. The highest BCUT2D eigenvalue weighted by atomic mass is 16.7. The number of carbonyl (C=O) groups excluding carboxylic acids is 1. The lowest BCUT2D eigenvalue weighted by Crippen LogP contribution is -2.65. The van der Waals surface area contributed by atoms with Gasteiger partial charge in [-0.05, 0) is 76.8 Å². The van der Waals surface area contributed by atoms with Gasteiger partial charge in [0.05, 0.1) is 54.9 Å². The number of fused-ring (bicyclic) bond motifs is 2. The van der Waals surface area contributed by atoms with Gasteiger partial charge in [0.15, 0.2) is 18.4 Å². The summed E-state index contributed by atoms with van der Waals surface area (Å²) < 4.78 is 64.9. The lowest BCUT2D eigenvalue weighted by Gasteiger charge is -2.49. The highest BCUT2D eigenvalue weighted by Crippen LogP contribution is 2.47. The maximum absolute atomic E-state index is 14.4. The Morgan fingerprint density at radius 1 is 0.953 bits per heavy atom. The fourth-order valence-corrected chi connectivity index (χ4v) is 11.1. The smallest absolute Gasteiger partial charge is 0.316 e. The number of ether oxygens (including phenoxy) is 10. The second kappa shape index (κ2) is 20.1. The maximum atomic E-state index is 14.4. The van der Waals surface area contributed by atoms with E-state index in [2.05, 4.69) is 59.0 Å². The van der Waals surface area contributed by atoms with Crippen molar-refractivity contribution < 1.29 is 62.4 Å². The molecule has 1 spiro atoms. The summed E-state index contributed by atoms with van der Waals surface area (Å²) in [6.07, 6.45) is 10.5. The van der Waals surface area contributed by atoms with E-state index in [1.807, 2.05) is 39.1 Å². The van der Waals surface area contributed by atoms with Crippen LogP contribution in [-0.4, -0.2) is 141 Å². The minimum absolute atomic E-state index is 0.0399. The average molecular weight is 900 g/mol. The molecule has 3 N–H and O–H groups in total. The van der Waals surface area contributed by atoms with E-state index in [9.17, 15) is 15.0 Å². The van der Waals surface area contributed by atoms with Gasteiger partial charge in [0.1, 0.15) is 35.9 Å². The molecule has 4 fully saturated rings. The molecule has 64 heavy (non-hydrogen) atoms. The number of likely N-dealkylation sites (N-methyl/N-ethyl adjacent to an activating group) is 1. The summed E-state index contributed by atoms with van der Waals surface area (Å²) in [5, 5.41) is 27.2. The number of carbonyl (C=O) groups is 1. The molecular weight excluding hydrogens is 823 g/mol. The molecule has 14 nitrogen and oxygen atoms in total. The third kappa shape index (κ3) is 9.69. The number of aliphatic hydroxyl groups is 2. The van der Waals surface area contributed by atoms with Gasteiger partial charge in [-0.1, -0.05) is 70.6 Å². The largest absolute Gasteiger partial charge is 0.462 e. The van der Waals surface area contributed by atoms with Crippen LogP contribution in [0.5, 0.6) is 0 Å². The van der Waals surface area contributed by atoms with E-state index in [0.29, 0.717) is 43.3 Å². The van der Waals surface area contributed by atoms with Gasteiger partial charge in [-0.2, -0.15) is 0 Å². The van der Waals surface area contributed by atoms with Crippen molar-refractivity contribution in [3.8, 4) is 0 Å². The van der Waals surface area contributed by atoms with Crippen LogP contribution in [0, 0.1) is 23.7 Å². The molecule has 4 saturated heterocycles. The highest BCUT2D eigenvalue weighted by Gasteiger charge is 2.60. The van der Waals surface area contributed by atoms with Gasteiger partial charge in [0.2, 0.25) is 0 Å². The minimum Gasteiger partial charge on any atom is -0.462 e. The van der Waals surface area contributed by atoms with Gasteiger partial charge in [0, 0.05) is 51.7 Å². The highest BCUT2D eigenvalue weighted by molar-refractivity contribution is 5.78. The first-order chi connectivity index (χ1) is 30.4. The zero-order valence-electron chi connectivity index (χ0n) is 40.2. The molecular formula is C50H77NO13. The van der Waals surface area contributed by atoms with Crippen LogP contribution < -0.4 is 5.32 Å². The zero-order chi connectivity index (χ0) is 46.3. The van der Waals surface area contributed by atoms with E-state index >= 15 is 0 Å². The first-order valence-corrected chi connectivity index (χ1v) is 23.8. The van der Waals surface area contributed by atoms with Crippen molar-refractivity contribution in [1.82, 2.24) is 5.32 Å². The van der Waals surface area contributed by atoms with Gasteiger partial charge < -0.3 is 62.9 Å². The van der Waals surface area contributed by atoms with E-state index in [4.69, 9.17) is 47.4 Å². The van der Waals surface area contributed by atoms with E-state index in [0.717, 1.165) is 12.0 Å². The quantitative estimate of drug-likeness (QED) is 0.183. The van der Waals surface area contributed by atoms with E-state index in [1.54, 1.807) is 33.3 Å². The first kappa shape index (κ1) is 49.6. The number of allylic oxidation sites excluding steroid dienone is 2. The van der Waals surface area contributed by atoms with Crippen molar-refractivity contribution in [1.29, 1.82) is 0 Å². The molecule has 0 amide bonds. The predicted molar refractivity (Wildman–Crippen MR) is 239 cm³/mol. The minimum atomic E-state index is -1.83. The number of aliphatic hydroxyl groups excluding tert-OH is 1. The van der Waals surface area contributed by atoms with Crippen molar-refractivity contribution in [2.45, 2.75) is 197 Å². The lowest BCUT2D eigenvalue weighted by atomic mass is 9.71. The summed E-state index contributed by atoms with van der Waals surface area (Å²) in [4.78, 5) is 14.4. The Labute approximate surface area is 381 Å². The predicted octanol–water partition coefficient (Wildman–Crippen LogP) is 5.99. The number of hydrogen-bond acceptors (Lipinski definition) is 14. The number of rotatable bonds is 9. The second-order valence-corrected chi connectivity index (χ2v) is 19.9. The Morgan fingerprint density at radius 2 is 1.70 bits per heavy atom. The van der Waals surface area contributed by atoms with Gasteiger partial charge in [0.25, 0.3) is 0 Å². The maximum Gasteiger partial charge on any atom is 0.316 e. The average Bonchev–Trinajstić information content (AvgIpc) is 3.61. The zero-order valence-corrected chi connectivity index (χ0v) is 40.2. The Balaban J connectivity index is 1.17. The second-order valence-electron chi connectivity index (χ2n) is 19.9. The molecule has 0 radical (unpaired) electrons. The summed E-state index contributed by atoms with van der Waals surface area (Å²) >= 11 is 0. The summed E-state index contributed by atoms with van der Waals surface area (Å²) in [5.41, 5.74) is -0.201. The van der Waals surface area contributed by atoms with Crippen LogP contribution in [0.25, 0.3) is 0 Å². The number of nitrogens with one attached hydrogen (secondary N) is 1. The van der Waals surface area contributed by atoms with Crippen LogP contribution in [0.3, 0.4) is 0 Å². The molecule has 0 aromatic carbocycles. The van der Waals surface area contributed by atoms with Crippen LogP contribution >= 0.6 is 0 Å². The molecule has 0 saturated carbocycles. The van der Waals surface area contributed by atoms with Crippen molar-refractivity contribution in [2.24, 2.45) is 23.7 Å². The Bertz CT molecular complexity index is 1800. The van der Waals surface area contributed by atoms with E-state index < -0.39 is 72.5 Å². The molecule has 2 unspecified atom stereocenters. The Hall–Kier alpha value is -2.31. The number of esters is 1. The van der Waals surface area contributed by atoms with Crippen molar-refractivity contribution in [3.05, 3.63) is 59.3 Å². The van der Waals surface area contributed by atoms with Crippen LogP contribution in [0.2, 0.25) is 0 Å². The van der Waals surface area contributed by atoms with Crippen molar-refractivity contribution in [2.75, 3.05) is 27.9 Å². The fraction of sp³-hybridized carbons (Fsp3) is 0.780. The van der Waals surface area contributed by atoms with Crippen LogP contribution in [0.1, 0.15) is 101 Å². The van der Waals surface area contributed by atoms with E-state index in [1.165, 1.54) is 0 Å². The number of methoxy groups -OCH3 is 2. The molecule has 7 aliphatic rings. The van der Waals surface area contributed by atoms with Gasteiger partial charge in [-0.3, -0.25) is 4.79 Å². The topological polar surface area (TPSA) is 162 Å². The van der Waals surface area contributed by atoms with Crippen LogP contribution in [0.4, 0.5) is 0 Å². The molecule has 6 heterocycles. The summed E-state index contributed by atoms with van der Waals surface area (Å²) in [7, 11) is 5.32. The molecule has 14 heteroatoms. The normalized spacial score (nSPS) is 47.0. The van der Waals surface area contributed by atoms with Crippen LogP contribution in [0.15, 0.2) is 59.3 Å². The summed E-state index contributed by atoms with van der Waals surface area (Å²) in [6.45, 7) is 18.5.